The van der Waals surface area contributed by atoms with Crippen molar-refractivity contribution in [2.24, 2.45) is 7.05 Å². The van der Waals surface area contributed by atoms with Crippen LogP contribution < -0.4 is 4.74 Å². The molecule has 1 amide bonds. The number of carbonyl (C=O) groups excluding carboxylic acids is 1. The summed E-state index contributed by atoms with van der Waals surface area (Å²) in [5, 5.41) is 1.07. The highest BCUT2D eigenvalue weighted by Gasteiger charge is 2.27. The van der Waals surface area contributed by atoms with Crippen LogP contribution >= 0.6 is 0 Å². The van der Waals surface area contributed by atoms with Gasteiger partial charge in [-0.1, -0.05) is 32.0 Å². The molecule has 1 aromatic carbocycles. The number of aryl methyl sites for hydroxylation is 2. The van der Waals surface area contributed by atoms with Crippen LogP contribution in [-0.4, -0.2) is 57.7 Å². The van der Waals surface area contributed by atoms with Crippen LogP contribution in [0.15, 0.2) is 36.4 Å². The molecule has 0 saturated carbocycles. The van der Waals surface area contributed by atoms with Crippen molar-refractivity contribution >= 4 is 16.8 Å². The molecule has 1 unspecified atom stereocenters. The summed E-state index contributed by atoms with van der Waals surface area (Å²) < 4.78 is 13.7. The van der Waals surface area contributed by atoms with Gasteiger partial charge in [0, 0.05) is 42.2 Å². The molecule has 1 atom stereocenters. The van der Waals surface area contributed by atoms with Crippen molar-refractivity contribution in [2.45, 2.75) is 32.8 Å². The van der Waals surface area contributed by atoms with Crippen molar-refractivity contribution < 1.29 is 14.3 Å². The average Bonchev–Trinajstić information content (AvgIpc) is 3.08. The number of hydrogen-bond donors (Lipinski definition) is 0. The highest BCUT2D eigenvalue weighted by molar-refractivity contribution is 5.98. The van der Waals surface area contributed by atoms with E-state index in [-0.39, 0.29) is 17.9 Å². The first-order chi connectivity index (χ1) is 14.4. The fraction of sp³-hybridized carbons (Fsp3) is 0.435. The molecule has 0 radical (unpaired) electrons. The van der Waals surface area contributed by atoms with Gasteiger partial charge >= 0.3 is 0 Å². The van der Waals surface area contributed by atoms with Crippen molar-refractivity contribution in [3.05, 3.63) is 53.6 Å². The molecule has 1 saturated heterocycles. The van der Waals surface area contributed by atoms with Gasteiger partial charge in [-0.2, -0.15) is 4.98 Å². The molecular weight excluding hydrogens is 380 g/mol. The predicted octanol–water partition coefficient (Wildman–Crippen LogP) is 3.32. The van der Waals surface area contributed by atoms with Crippen LogP contribution in [0.1, 0.15) is 41.8 Å². The molecule has 1 fully saturated rings. The number of benzene rings is 1. The quantitative estimate of drug-likeness (QED) is 0.648. The minimum Gasteiger partial charge on any atom is -0.475 e. The van der Waals surface area contributed by atoms with Crippen LogP contribution in [0.5, 0.6) is 5.88 Å². The van der Waals surface area contributed by atoms with Gasteiger partial charge in [-0.15, -0.1) is 0 Å². The summed E-state index contributed by atoms with van der Waals surface area (Å²) in [5.41, 5.74) is 2.61. The van der Waals surface area contributed by atoms with Gasteiger partial charge in [0.25, 0.3) is 5.91 Å². The van der Waals surface area contributed by atoms with Crippen LogP contribution in [0.3, 0.4) is 0 Å². The minimum atomic E-state index is -0.199. The molecule has 0 N–H and O–H groups in total. The summed E-state index contributed by atoms with van der Waals surface area (Å²) in [6.07, 6.45) is -0.199. The van der Waals surface area contributed by atoms with Gasteiger partial charge in [0.05, 0.1) is 13.2 Å². The SMILES string of the molecule is Cc1cc(OCC2CN(C(=O)c3cc4ccccc4n3C)CCO2)nc(C(C)C)n1. The lowest BCUT2D eigenvalue weighted by Gasteiger charge is -2.32. The summed E-state index contributed by atoms with van der Waals surface area (Å²) in [6, 6.07) is 11.8. The molecule has 2 aromatic heterocycles. The topological polar surface area (TPSA) is 69.5 Å². The largest absolute Gasteiger partial charge is 0.475 e. The molecule has 3 heterocycles. The fourth-order valence-corrected chi connectivity index (χ4v) is 3.73. The number of para-hydroxylation sites is 1. The van der Waals surface area contributed by atoms with Gasteiger partial charge in [0.15, 0.2) is 0 Å². The van der Waals surface area contributed by atoms with Crippen LogP contribution in [-0.2, 0) is 11.8 Å². The molecule has 3 aromatic rings. The van der Waals surface area contributed by atoms with Gasteiger partial charge in [0.2, 0.25) is 5.88 Å². The Morgan fingerprint density at radius 1 is 1.27 bits per heavy atom. The highest BCUT2D eigenvalue weighted by atomic mass is 16.5. The van der Waals surface area contributed by atoms with Gasteiger partial charge in [-0.25, -0.2) is 4.98 Å². The first kappa shape index (κ1) is 20.3. The van der Waals surface area contributed by atoms with Gasteiger partial charge in [-0.3, -0.25) is 4.79 Å². The zero-order chi connectivity index (χ0) is 21.3. The van der Waals surface area contributed by atoms with Crippen molar-refractivity contribution in [2.75, 3.05) is 26.3 Å². The molecule has 1 aliphatic rings. The second kappa shape index (κ2) is 8.44. The Morgan fingerprint density at radius 3 is 2.83 bits per heavy atom. The van der Waals surface area contributed by atoms with Gasteiger partial charge < -0.3 is 18.9 Å². The predicted molar refractivity (Wildman–Crippen MR) is 115 cm³/mol. The van der Waals surface area contributed by atoms with E-state index in [4.69, 9.17) is 9.47 Å². The lowest BCUT2D eigenvalue weighted by molar-refractivity contribution is -0.0409. The summed E-state index contributed by atoms with van der Waals surface area (Å²) >= 11 is 0. The molecule has 0 aliphatic carbocycles. The Kier molecular flexibility index (Phi) is 5.72. The second-order valence-corrected chi connectivity index (χ2v) is 8.06. The first-order valence-electron chi connectivity index (χ1n) is 10.4. The van der Waals surface area contributed by atoms with E-state index in [9.17, 15) is 4.79 Å². The van der Waals surface area contributed by atoms with Crippen LogP contribution in [0.4, 0.5) is 0 Å². The van der Waals surface area contributed by atoms with E-state index in [0.29, 0.717) is 37.9 Å². The van der Waals surface area contributed by atoms with E-state index in [2.05, 4.69) is 23.8 Å². The fourth-order valence-electron chi connectivity index (χ4n) is 3.73. The highest BCUT2D eigenvalue weighted by Crippen LogP contribution is 2.21. The average molecular weight is 409 g/mol. The van der Waals surface area contributed by atoms with E-state index >= 15 is 0 Å². The van der Waals surface area contributed by atoms with E-state index in [1.807, 2.05) is 59.8 Å². The summed E-state index contributed by atoms with van der Waals surface area (Å²) in [6.45, 7) is 7.93. The maximum absolute atomic E-state index is 13.2. The summed E-state index contributed by atoms with van der Waals surface area (Å²) in [7, 11) is 1.93. The first-order valence-corrected chi connectivity index (χ1v) is 10.4. The molecule has 7 nitrogen and oxygen atoms in total. The zero-order valence-corrected chi connectivity index (χ0v) is 18.0. The maximum atomic E-state index is 13.2. The third kappa shape index (κ3) is 4.16. The second-order valence-electron chi connectivity index (χ2n) is 8.06. The number of nitrogens with zero attached hydrogens (tertiary/aromatic N) is 4. The molecule has 7 heteroatoms. The van der Waals surface area contributed by atoms with Crippen molar-refractivity contribution in [3.63, 3.8) is 0 Å². The Bertz CT molecular complexity index is 1060. The number of aromatic nitrogens is 3. The smallest absolute Gasteiger partial charge is 0.270 e. The van der Waals surface area contributed by atoms with E-state index in [1.54, 1.807) is 0 Å². The number of carbonyl (C=O) groups is 1. The lowest BCUT2D eigenvalue weighted by atomic mass is 10.2. The zero-order valence-electron chi connectivity index (χ0n) is 18.0. The van der Waals surface area contributed by atoms with Crippen LogP contribution in [0, 0.1) is 6.92 Å². The monoisotopic (exact) mass is 408 g/mol. The van der Waals surface area contributed by atoms with Gasteiger partial charge in [-0.05, 0) is 19.1 Å². The maximum Gasteiger partial charge on any atom is 0.270 e. The van der Waals surface area contributed by atoms with E-state index in [0.717, 1.165) is 22.4 Å². The molecule has 1 aliphatic heterocycles. The molecule has 158 valence electrons. The Morgan fingerprint density at radius 2 is 2.07 bits per heavy atom. The Labute approximate surface area is 176 Å². The number of fused-ring (bicyclic) bond motifs is 1. The minimum absolute atomic E-state index is 0.0157. The third-order valence-corrected chi connectivity index (χ3v) is 5.38. The van der Waals surface area contributed by atoms with Crippen molar-refractivity contribution in [1.29, 1.82) is 0 Å². The third-order valence-electron chi connectivity index (χ3n) is 5.38. The molecule has 30 heavy (non-hydrogen) atoms. The number of rotatable bonds is 5. The number of morpholine rings is 1. The van der Waals surface area contributed by atoms with Crippen LogP contribution in [0.2, 0.25) is 0 Å². The standard InChI is InChI=1S/C23H28N4O3/c1-15(2)22-24-16(3)11-21(25-22)30-14-18-13-27(9-10-29-18)23(28)20-12-17-7-5-6-8-19(17)26(20)4/h5-8,11-12,15,18H,9-10,13-14H2,1-4H3. The molecule has 0 spiro atoms. The summed E-state index contributed by atoms with van der Waals surface area (Å²) in [5.74, 6) is 1.56. The molecule has 0 bridgehead atoms. The van der Waals surface area contributed by atoms with E-state index in [1.165, 1.54) is 0 Å². The Balaban J connectivity index is 1.43. The summed E-state index contributed by atoms with van der Waals surface area (Å²) in [4.78, 5) is 23.9. The van der Waals surface area contributed by atoms with Crippen LogP contribution in [0.25, 0.3) is 10.9 Å². The Hall–Kier alpha value is -2.93. The number of ether oxygens (including phenoxy) is 2. The lowest BCUT2D eigenvalue weighted by Crippen LogP contribution is -2.48. The van der Waals surface area contributed by atoms with Crippen molar-refractivity contribution in [1.82, 2.24) is 19.4 Å². The van der Waals surface area contributed by atoms with Gasteiger partial charge in [0.1, 0.15) is 24.2 Å². The number of hydrogen-bond acceptors (Lipinski definition) is 5. The van der Waals surface area contributed by atoms with E-state index < -0.39 is 0 Å². The van der Waals surface area contributed by atoms with Crippen molar-refractivity contribution in [3.8, 4) is 5.88 Å². The number of amides is 1. The molecular formula is C23H28N4O3. The normalized spacial score (nSPS) is 17.0. The molecule has 4 rings (SSSR count).